The first-order valence-corrected chi connectivity index (χ1v) is 20.2. The number of aliphatic hydroxyl groups is 3. The smallest absolute Gasteiger partial charge is 0.415 e. The minimum Gasteiger partial charge on any atom is -0.458 e. The van der Waals surface area contributed by atoms with Crippen molar-refractivity contribution >= 4 is 44.6 Å². The van der Waals surface area contributed by atoms with Crippen LogP contribution < -0.4 is 10.3 Å². The first kappa shape index (κ1) is 36.2. The summed E-state index contributed by atoms with van der Waals surface area (Å²) in [5, 5.41) is 31.0. The Balaban J connectivity index is 1.14. The van der Waals surface area contributed by atoms with Crippen LogP contribution in [0.25, 0.3) is 22.3 Å². The van der Waals surface area contributed by atoms with E-state index < -0.39 is 11.6 Å². The largest absolute Gasteiger partial charge is 0.458 e. The van der Waals surface area contributed by atoms with Crippen LogP contribution in [-0.2, 0) is 34.7 Å². The van der Waals surface area contributed by atoms with Crippen LogP contribution in [0.3, 0.4) is 0 Å². The molecule has 2 aromatic heterocycles. The van der Waals surface area contributed by atoms with E-state index in [2.05, 4.69) is 9.80 Å². The van der Waals surface area contributed by atoms with Crippen LogP contribution in [0.4, 0.5) is 4.79 Å². The Morgan fingerprint density at radius 2 is 1.82 bits per heavy atom. The summed E-state index contributed by atoms with van der Waals surface area (Å²) >= 11 is 0. The van der Waals surface area contributed by atoms with Gasteiger partial charge in [0, 0.05) is 73.3 Å². The van der Waals surface area contributed by atoms with E-state index in [4.69, 9.17) is 14.5 Å². The van der Waals surface area contributed by atoms with Gasteiger partial charge in [0.1, 0.15) is 12.4 Å². The van der Waals surface area contributed by atoms with Crippen molar-refractivity contribution in [2.24, 2.45) is 0 Å². The molecule has 1 amide bonds. The zero-order chi connectivity index (χ0) is 35.9. The number of ether oxygens (including phenoxy) is 2. The SMILES string of the molecule is CCc1c2c(nc3ccc(OC(=O)N4CCCN(CCN(CCO)CCO)C5CSSCC54)cc13)-c1cc3c(c(=O)n1C2)COC(=O)[C@]3(O)CC. The molecule has 2 saturated heterocycles. The van der Waals surface area contributed by atoms with Gasteiger partial charge in [-0.1, -0.05) is 35.4 Å². The Bertz CT molecular complexity index is 1880. The highest BCUT2D eigenvalue weighted by Crippen LogP contribution is 2.41. The van der Waals surface area contributed by atoms with E-state index in [1.807, 2.05) is 34.8 Å². The molecule has 4 aliphatic rings. The number of hydrogen-bond donors (Lipinski definition) is 3. The highest BCUT2D eigenvalue weighted by atomic mass is 33.1. The standard InChI is InChI=1S/C36H45N5O8S2/c1-3-23-24-16-22(49-35(46)40-9-5-8-39(30-20-50-51-21-31(30)40)11-10-38(12-14-42)13-15-43)6-7-28(24)37-32-25(23)18-41-29(32)17-27-26(33(41)44)19-48-34(45)36(27,47)4-2/h6-7,16-17,30-31,42-43,47H,3-5,8-15,18-21H2,1-2H3/t30?,31?,36-/m0/s1. The second kappa shape index (κ2) is 15.0. The molecule has 0 saturated carbocycles. The summed E-state index contributed by atoms with van der Waals surface area (Å²) in [4.78, 5) is 51.6. The van der Waals surface area contributed by atoms with Gasteiger partial charge in [-0.05, 0) is 49.1 Å². The number of amides is 1. The molecule has 0 spiro atoms. The number of aryl methyl sites for hydroxylation is 1. The third kappa shape index (κ3) is 6.55. The van der Waals surface area contributed by atoms with Crippen molar-refractivity contribution in [3.63, 3.8) is 0 Å². The van der Waals surface area contributed by atoms with Crippen LogP contribution in [0.1, 0.15) is 48.9 Å². The van der Waals surface area contributed by atoms with Crippen LogP contribution in [0.15, 0.2) is 29.1 Å². The van der Waals surface area contributed by atoms with Crippen molar-refractivity contribution in [1.82, 2.24) is 24.3 Å². The molecule has 1 aromatic carbocycles. The molecule has 274 valence electrons. The van der Waals surface area contributed by atoms with Gasteiger partial charge in [0.15, 0.2) is 5.60 Å². The molecule has 0 bridgehead atoms. The fourth-order valence-electron chi connectivity index (χ4n) is 8.04. The fourth-order valence-corrected chi connectivity index (χ4v) is 10.8. The minimum atomic E-state index is -1.89. The number of aliphatic hydroxyl groups excluding tert-OH is 2. The number of rotatable bonds is 10. The van der Waals surface area contributed by atoms with E-state index >= 15 is 0 Å². The number of aromatic nitrogens is 2. The van der Waals surface area contributed by atoms with Crippen molar-refractivity contribution in [3.05, 3.63) is 56.9 Å². The lowest BCUT2D eigenvalue weighted by Crippen LogP contribution is -2.56. The lowest BCUT2D eigenvalue weighted by atomic mass is 9.86. The third-order valence-electron chi connectivity index (χ3n) is 10.8. The summed E-state index contributed by atoms with van der Waals surface area (Å²) < 4.78 is 13.0. The molecule has 13 nitrogen and oxygen atoms in total. The topological polar surface area (TPSA) is 158 Å². The summed E-state index contributed by atoms with van der Waals surface area (Å²) in [7, 11) is 3.60. The second-order valence-electron chi connectivity index (χ2n) is 13.5. The number of nitrogens with zero attached hydrogens (tertiary/aromatic N) is 5. The Morgan fingerprint density at radius 1 is 1.06 bits per heavy atom. The lowest BCUT2D eigenvalue weighted by Gasteiger charge is -2.41. The zero-order valence-electron chi connectivity index (χ0n) is 29.0. The van der Waals surface area contributed by atoms with Crippen molar-refractivity contribution in [2.45, 2.75) is 63.9 Å². The molecular formula is C36H45N5O8S2. The Morgan fingerprint density at radius 3 is 2.55 bits per heavy atom. The van der Waals surface area contributed by atoms with Gasteiger partial charge in [-0.3, -0.25) is 14.6 Å². The van der Waals surface area contributed by atoms with Crippen molar-refractivity contribution in [1.29, 1.82) is 0 Å². The summed E-state index contributed by atoms with van der Waals surface area (Å²) in [6, 6.07) is 7.33. The summed E-state index contributed by atoms with van der Waals surface area (Å²) in [5.74, 6) is 1.36. The molecule has 2 unspecified atom stereocenters. The van der Waals surface area contributed by atoms with Crippen LogP contribution in [-0.4, -0.2) is 128 Å². The van der Waals surface area contributed by atoms with E-state index in [-0.39, 0.29) is 61.1 Å². The number of benzene rings is 1. The molecule has 3 atom stereocenters. The molecule has 0 radical (unpaired) electrons. The second-order valence-corrected chi connectivity index (χ2v) is 16.0. The van der Waals surface area contributed by atoms with Crippen molar-refractivity contribution < 1.29 is 34.4 Å². The quantitative estimate of drug-likeness (QED) is 0.161. The maximum Gasteiger partial charge on any atom is 0.415 e. The number of pyridine rings is 2. The lowest BCUT2D eigenvalue weighted by molar-refractivity contribution is -0.172. The van der Waals surface area contributed by atoms with Crippen LogP contribution in [0.2, 0.25) is 0 Å². The molecule has 3 N–H and O–H groups in total. The zero-order valence-corrected chi connectivity index (χ0v) is 30.6. The highest BCUT2D eigenvalue weighted by Gasteiger charge is 2.46. The van der Waals surface area contributed by atoms with Gasteiger partial charge in [0.2, 0.25) is 0 Å². The minimum absolute atomic E-state index is 0.0133. The molecule has 15 heteroatoms. The average Bonchev–Trinajstić information content (AvgIpc) is 3.39. The van der Waals surface area contributed by atoms with Crippen LogP contribution in [0.5, 0.6) is 5.75 Å². The number of carbonyl (C=O) groups excluding carboxylic acids is 2. The number of esters is 1. The number of fused-ring (bicyclic) bond motifs is 6. The summed E-state index contributed by atoms with van der Waals surface area (Å²) in [5.41, 5.74) is 2.16. The van der Waals surface area contributed by atoms with Crippen molar-refractivity contribution in [3.8, 4) is 17.1 Å². The number of hydrogen-bond acceptors (Lipinski definition) is 13. The Hall–Kier alpha value is -3.18. The third-order valence-corrected chi connectivity index (χ3v) is 13.3. The van der Waals surface area contributed by atoms with Gasteiger partial charge in [0.05, 0.1) is 48.3 Å². The van der Waals surface area contributed by atoms with Gasteiger partial charge in [-0.25, -0.2) is 14.6 Å². The van der Waals surface area contributed by atoms with Crippen LogP contribution >= 0.6 is 21.6 Å². The van der Waals surface area contributed by atoms with Gasteiger partial charge >= 0.3 is 12.1 Å². The predicted octanol–water partition coefficient (Wildman–Crippen LogP) is 2.57. The van der Waals surface area contributed by atoms with E-state index in [0.717, 1.165) is 54.1 Å². The normalized spacial score (nSPS) is 23.0. The van der Waals surface area contributed by atoms with E-state index in [9.17, 15) is 29.7 Å². The van der Waals surface area contributed by atoms with Gasteiger partial charge in [-0.2, -0.15) is 0 Å². The van der Waals surface area contributed by atoms with Gasteiger partial charge in [0.25, 0.3) is 5.56 Å². The number of carbonyl (C=O) groups is 2. The van der Waals surface area contributed by atoms with Crippen molar-refractivity contribution in [2.75, 3.05) is 64.0 Å². The average molecular weight is 740 g/mol. The molecule has 4 aliphatic heterocycles. The maximum atomic E-state index is 13.9. The fraction of sp³-hybridized carbons (Fsp3) is 0.556. The molecule has 2 fully saturated rings. The highest BCUT2D eigenvalue weighted by molar-refractivity contribution is 8.76. The van der Waals surface area contributed by atoms with Crippen LogP contribution in [0, 0.1) is 0 Å². The molecular weight excluding hydrogens is 695 g/mol. The Labute approximate surface area is 304 Å². The molecule has 0 aliphatic carbocycles. The van der Waals surface area contributed by atoms with Gasteiger partial charge < -0.3 is 34.3 Å². The summed E-state index contributed by atoms with van der Waals surface area (Å²) in [6.07, 6.45) is 1.16. The first-order valence-electron chi connectivity index (χ1n) is 17.8. The molecule has 7 rings (SSSR count). The molecule has 51 heavy (non-hydrogen) atoms. The van der Waals surface area contributed by atoms with E-state index in [1.165, 1.54) is 0 Å². The molecule has 6 heterocycles. The van der Waals surface area contributed by atoms with E-state index in [1.54, 1.807) is 34.4 Å². The van der Waals surface area contributed by atoms with Gasteiger partial charge in [-0.15, -0.1) is 0 Å². The Kier molecular flexibility index (Phi) is 10.7. The molecule has 3 aromatic rings. The maximum absolute atomic E-state index is 13.9. The summed E-state index contributed by atoms with van der Waals surface area (Å²) in [6.45, 7) is 7.93. The predicted molar refractivity (Wildman–Crippen MR) is 196 cm³/mol. The van der Waals surface area contributed by atoms with E-state index in [0.29, 0.717) is 55.3 Å². The first-order chi connectivity index (χ1) is 24.7. The number of cyclic esters (lactones) is 1. The monoisotopic (exact) mass is 739 g/mol.